The number of benzene rings is 2. The van der Waals surface area contributed by atoms with E-state index in [9.17, 15) is 0 Å². The number of anilines is 1. The highest BCUT2D eigenvalue weighted by Gasteiger charge is 2.18. The Morgan fingerprint density at radius 3 is 2.63 bits per heavy atom. The molecule has 0 saturated carbocycles. The van der Waals surface area contributed by atoms with Crippen molar-refractivity contribution in [1.29, 1.82) is 0 Å². The van der Waals surface area contributed by atoms with Gasteiger partial charge in [-0.05, 0) is 54.8 Å². The van der Waals surface area contributed by atoms with Crippen LogP contribution in [0.1, 0.15) is 48.6 Å². The fourth-order valence-electron chi connectivity index (χ4n) is 4.05. The largest absolute Gasteiger partial charge is 0.492 e. The summed E-state index contributed by atoms with van der Waals surface area (Å²) in [6.07, 6.45) is 4.08. The van der Waals surface area contributed by atoms with Crippen molar-refractivity contribution in [3.8, 4) is 5.75 Å². The van der Waals surface area contributed by atoms with Crippen LogP contribution in [-0.2, 0) is 13.0 Å². The molecule has 0 amide bonds. The Bertz CT molecular complexity index is 1120. The minimum Gasteiger partial charge on any atom is -0.492 e. The highest BCUT2D eigenvalue weighted by Crippen LogP contribution is 2.33. The highest BCUT2D eigenvalue weighted by molar-refractivity contribution is 5.85. The average molecular weight is 403 g/mol. The van der Waals surface area contributed by atoms with Crippen LogP contribution in [0.15, 0.2) is 54.7 Å². The Morgan fingerprint density at radius 2 is 1.93 bits per heavy atom. The molecule has 4 rings (SSSR count). The van der Waals surface area contributed by atoms with Crippen molar-refractivity contribution in [2.24, 2.45) is 0 Å². The van der Waals surface area contributed by atoms with Crippen molar-refractivity contribution >= 4 is 16.7 Å². The summed E-state index contributed by atoms with van der Waals surface area (Å²) in [6, 6.07) is 16.9. The predicted molar refractivity (Wildman–Crippen MR) is 123 cm³/mol. The molecule has 30 heavy (non-hydrogen) atoms. The van der Waals surface area contributed by atoms with Gasteiger partial charge in [0.05, 0.1) is 6.54 Å². The number of H-pyrrole nitrogens is 1. The number of aromatic amines is 1. The van der Waals surface area contributed by atoms with Crippen molar-refractivity contribution in [2.75, 3.05) is 12.3 Å². The Hall–Kier alpha value is -3.21. The maximum absolute atomic E-state index is 5.87. The van der Waals surface area contributed by atoms with Crippen LogP contribution in [0.2, 0.25) is 0 Å². The maximum Gasteiger partial charge on any atom is 0.145 e. The zero-order valence-electron chi connectivity index (χ0n) is 18.0. The minimum atomic E-state index is 0.292. The first-order chi connectivity index (χ1) is 14.5. The van der Waals surface area contributed by atoms with Crippen LogP contribution in [0.3, 0.4) is 0 Å². The van der Waals surface area contributed by atoms with Gasteiger partial charge in [-0.15, -0.1) is 0 Å². The van der Waals surface area contributed by atoms with E-state index in [1.807, 2.05) is 6.20 Å². The lowest BCUT2D eigenvalue weighted by Gasteiger charge is -2.14. The van der Waals surface area contributed by atoms with Crippen LogP contribution < -0.4 is 10.5 Å². The third-order valence-electron chi connectivity index (χ3n) is 5.66. The summed E-state index contributed by atoms with van der Waals surface area (Å²) in [7, 11) is 0. The third kappa shape index (κ3) is 4.20. The van der Waals surface area contributed by atoms with Gasteiger partial charge in [0.1, 0.15) is 18.2 Å². The quantitative estimate of drug-likeness (QED) is 0.412. The number of fused-ring (bicyclic) bond motifs is 1. The van der Waals surface area contributed by atoms with Gasteiger partial charge in [0, 0.05) is 28.7 Å². The van der Waals surface area contributed by atoms with Gasteiger partial charge < -0.3 is 15.5 Å². The first-order valence-electron chi connectivity index (χ1n) is 10.7. The number of hydrogen-bond acceptors (Lipinski definition) is 3. The molecule has 1 atom stereocenters. The summed E-state index contributed by atoms with van der Waals surface area (Å²) < 4.78 is 7.66. The molecule has 0 fully saturated rings. The van der Waals surface area contributed by atoms with E-state index in [-0.39, 0.29) is 0 Å². The van der Waals surface area contributed by atoms with Crippen molar-refractivity contribution in [1.82, 2.24) is 14.8 Å². The lowest BCUT2D eigenvalue weighted by atomic mass is 9.92. The Labute approximate surface area is 177 Å². The van der Waals surface area contributed by atoms with Gasteiger partial charge in [-0.2, -0.15) is 5.10 Å². The SMILES string of the molecule is CCCc1c(C(C)c2ccc(OCCn3ccc(N)n3)cc2)[nH]c2ccc(C)cc12. The van der Waals surface area contributed by atoms with E-state index in [1.54, 1.807) is 10.7 Å². The van der Waals surface area contributed by atoms with Crippen molar-refractivity contribution < 1.29 is 4.74 Å². The number of aryl methyl sites for hydroxylation is 2. The summed E-state index contributed by atoms with van der Waals surface area (Å²) in [5.74, 6) is 1.69. The molecule has 0 aliphatic rings. The van der Waals surface area contributed by atoms with Crippen molar-refractivity contribution in [3.05, 3.63) is 77.1 Å². The molecule has 2 aromatic carbocycles. The Balaban J connectivity index is 1.49. The summed E-state index contributed by atoms with van der Waals surface area (Å²) >= 11 is 0. The number of nitrogens with zero attached hydrogens (tertiary/aromatic N) is 2. The Kier molecular flexibility index (Phi) is 5.79. The second-order valence-corrected chi connectivity index (χ2v) is 7.96. The summed E-state index contributed by atoms with van der Waals surface area (Å²) in [6.45, 7) is 7.90. The molecular weight excluding hydrogens is 372 g/mol. The van der Waals surface area contributed by atoms with E-state index < -0.39 is 0 Å². The first kappa shape index (κ1) is 20.1. The normalized spacial score (nSPS) is 12.4. The van der Waals surface area contributed by atoms with Gasteiger partial charge in [-0.1, -0.05) is 44.0 Å². The molecule has 2 heterocycles. The zero-order valence-corrected chi connectivity index (χ0v) is 18.0. The van der Waals surface area contributed by atoms with Crippen LogP contribution in [0.5, 0.6) is 5.75 Å². The molecule has 4 aromatic rings. The highest BCUT2D eigenvalue weighted by atomic mass is 16.5. The molecule has 3 N–H and O–H groups in total. The summed E-state index contributed by atoms with van der Waals surface area (Å²) in [5, 5.41) is 5.53. The molecule has 0 aliphatic heterocycles. The van der Waals surface area contributed by atoms with E-state index in [0.717, 1.165) is 18.6 Å². The van der Waals surface area contributed by atoms with E-state index >= 15 is 0 Å². The average Bonchev–Trinajstić information content (AvgIpc) is 3.32. The van der Waals surface area contributed by atoms with Gasteiger partial charge >= 0.3 is 0 Å². The zero-order chi connectivity index (χ0) is 21.1. The van der Waals surface area contributed by atoms with Crippen molar-refractivity contribution in [3.63, 3.8) is 0 Å². The molecule has 5 heteroatoms. The molecule has 0 aliphatic carbocycles. The molecular formula is C25H30N4O. The summed E-state index contributed by atoms with van der Waals surface area (Å²) in [4.78, 5) is 3.69. The number of hydrogen-bond donors (Lipinski definition) is 2. The van der Waals surface area contributed by atoms with E-state index in [4.69, 9.17) is 10.5 Å². The van der Waals surface area contributed by atoms with Gasteiger partial charge in [0.15, 0.2) is 0 Å². The number of nitrogen functional groups attached to an aromatic ring is 1. The topological polar surface area (TPSA) is 68.9 Å². The van der Waals surface area contributed by atoms with E-state index in [1.165, 1.54) is 33.3 Å². The molecule has 0 radical (unpaired) electrons. The van der Waals surface area contributed by atoms with Crippen LogP contribution in [0.25, 0.3) is 10.9 Å². The van der Waals surface area contributed by atoms with E-state index in [2.05, 4.69) is 73.3 Å². The molecule has 156 valence electrons. The number of aromatic nitrogens is 3. The number of ether oxygens (including phenoxy) is 1. The standard InChI is InChI=1S/C25H30N4O/c1-4-5-21-22-16-17(2)6-11-23(22)27-25(21)18(3)19-7-9-20(10-8-19)30-15-14-29-13-12-24(26)28-29/h6-13,16,18,27H,4-5,14-15H2,1-3H3,(H2,26,28). The second-order valence-electron chi connectivity index (χ2n) is 7.96. The second kappa shape index (κ2) is 8.66. The number of rotatable bonds is 8. The summed E-state index contributed by atoms with van der Waals surface area (Å²) in [5.41, 5.74) is 12.2. The Morgan fingerprint density at radius 1 is 1.13 bits per heavy atom. The van der Waals surface area contributed by atoms with Crippen LogP contribution in [0, 0.1) is 6.92 Å². The van der Waals surface area contributed by atoms with Crippen LogP contribution in [-0.4, -0.2) is 21.4 Å². The molecule has 1 unspecified atom stereocenters. The van der Waals surface area contributed by atoms with Crippen LogP contribution >= 0.6 is 0 Å². The fourth-order valence-corrected chi connectivity index (χ4v) is 4.05. The van der Waals surface area contributed by atoms with E-state index in [0.29, 0.717) is 24.9 Å². The lowest BCUT2D eigenvalue weighted by molar-refractivity contribution is 0.291. The fraction of sp³-hybridized carbons (Fsp3) is 0.320. The van der Waals surface area contributed by atoms with Crippen LogP contribution in [0.4, 0.5) is 5.82 Å². The third-order valence-corrected chi connectivity index (χ3v) is 5.66. The number of nitrogens with two attached hydrogens (primary N) is 1. The molecule has 2 aromatic heterocycles. The first-order valence-corrected chi connectivity index (χ1v) is 10.7. The molecule has 0 bridgehead atoms. The van der Waals surface area contributed by atoms with Gasteiger partial charge in [0.25, 0.3) is 0 Å². The molecule has 0 spiro atoms. The predicted octanol–water partition coefficient (Wildman–Crippen LogP) is 5.44. The smallest absolute Gasteiger partial charge is 0.145 e. The number of nitrogens with one attached hydrogen (secondary N) is 1. The molecule has 5 nitrogen and oxygen atoms in total. The lowest BCUT2D eigenvalue weighted by Crippen LogP contribution is -2.09. The monoisotopic (exact) mass is 402 g/mol. The van der Waals surface area contributed by atoms with Gasteiger partial charge in [0.2, 0.25) is 0 Å². The van der Waals surface area contributed by atoms with Gasteiger partial charge in [-0.3, -0.25) is 4.68 Å². The van der Waals surface area contributed by atoms with Crippen molar-refractivity contribution in [2.45, 2.75) is 46.1 Å². The van der Waals surface area contributed by atoms with Gasteiger partial charge in [-0.25, -0.2) is 0 Å². The maximum atomic E-state index is 5.87. The minimum absolute atomic E-state index is 0.292. The molecule has 0 saturated heterocycles.